The second kappa shape index (κ2) is 3.59. The van der Waals surface area contributed by atoms with Gasteiger partial charge in [0.15, 0.2) is 0 Å². The van der Waals surface area contributed by atoms with Gasteiger partial charge in [0.25, 0.3) is 0 Å². The Morgan fingerprint density at radius 1 is 1.43 bits per heavy atom. The van der Waals surface area contributed by atoms with Crippen molar-refractivity contribution in [3.8, 4) is 0 Å². The lowest BCUT2D eigenvalue weighted by atomic mass is 10.1. The Balaban J connectivity index is 2.23. The predicted octanol–water partition coefficient (Wildman–Crippen LogP) is 2.17. The Bertz CT molecular complexity index is 350. The number of carbonyl (C=O) groups is 1. The van der Waals surface area contributed by atoms with E-state index in [0.717, 1.165) is 5.56 Å². The molecule has 1 aromatic carbocycles. The summed E-state index contributed by atoms with van der Waals surface area (Å²) in [5.74, 6) is -0.188. The summed E-state index contributed by atoms with van der Waals surface area (Å²) in [4.78, 5) is 15.9. The van der Waals surface area contributed by atoms with Crippen LogP contribution in [0.2, 0.25) is 5.02 Å². The first kappa shape index (κ1) is 9.49. The van der Waals surface area contributed by atoms with Gasteiger partial charge in [0.05, 0.1) is 12.5 Å². The molecule has 0 bridgehead atoms. The van der Waals surface area contributed by atoms with Gasteiger partial charge in [0, 0.05) is 12.1 Å². The van der Waals surface area contributed by atoms with E-state index < -0.39 is 0 Å². The topological polar surface area (TPSA) is 29.5 Å². The molecule has 0 radical (unpaired) electrons. The number of hydrogen-bond acceptors (Lipinski definition) is 3. The van der Waals surface area contributed by atoms with Crippen LogP contribution in [0.25, 0.3) is 0 Å². The van der Waals surface area contributed by atoms with Crippen molar-refractivity contribution < 1.29 is 9.63 Å². The summed E-state index contributed by atoms with van der Waals surface area (Å²) in [5.41, 5.74) is 1.04. The maximum absolute atomic E-state index is 11.0. The predicted molar refractivity (Wildman–Crippen MR) is 52.7 cm³/mol. The highest BCUT2D eigenvalue weighted by atomic mass is 35.5. The molecule has 0 amide bonds. The molecule has 0 saturated carbocycles. The van der Waals surface area contributed by atoms with Gasteiger partial charge in [-0.1, -0.05) is 23.7 Å². The molecule has 1 saturated heterocycles. The first-order chi connectivity index (χ1) is 6.66. The fourth-order valence-corrected chi connectivity index (χ4v) is 1.69. The summed E-state index contributed by atoms with van der Waals surface area (Å²) in [7, 11) is 1.75. The number of hydrogen-bond donors (Lipinski definition) is 0. The molecule has 1 aliphatic heterocycles. The van der Waals surface area contributed by atoms with Crippen LogP contribution in [0, 0.1) is 0 Å². The van der Waals surface area contributed by atoms with Gasteiger partial charge < -0.3 is 4.84 Å². The molecule has 1 fully saturated rings. The summed E-state index contributed by atoms with van der Waals surface area (Å²) in [6.07, 6.45) is 0.401. The van der Waals surface area contributed by atoms with Crippen molar-refractivity contribution in [2.45, 2.75) is 12.5 Å². The van der Waals surface area contributed by atoms with Crippen molar-refractivity contribution in [3.05, 3.63) is 34.9 Å². The average molecular weight is 212 g/mol. The Hall–Kier alpha value is -1.06. The summed E-state index contributed by atoms with van der Waals surface area (Å²) >= 11 is 5.77. The van der Waals surface area contributed by atoms with E-state index in [4.69, 9.17) is 16.4 Å². The van der Waals surface area contributed by atoms with Gasteiger partial charge in [-0.2, -0.15) is 0 Å². The second-order valence-electron chi connectivity index (χ2n) is 3.28. The number of nitrogens with zero attached hydrogens (tertiary/aromatic N) is 1. The van der Waals surface area contributed by atoms with Crippen molar-refractivity contribution in [2.75, 3.05) is 7.05 Å². The van der Waals surface area contributed by atoms with Gasteiger partial charge in [0.1, 0.15) is 0 Å². The molecule has 1 unspecified atom stereocenters. The molecule has 3 nitrogen and oxygen atoms in total. The molecule has 1 aliphatic rings. The van der Waals surface area contributed by atoms with Gasteiger partial charge >= 0.3 is 5.97 Å². The van der Waals surface area contributed by atoms with Gasteiger partial charge in [0.2, 0.25) is 0 Å². The fraction of sp³-hybridized carbons (Fsp3) is 0.300. The molecule has 0 spiro atoms. The summed E-state index contributed by atoms with van der Waals surface area (Å²) in [6, 6.07) is 7.46. The van der Waals surface area contributed by atoms with Crippen LogP contribution < -0.4 is 0 Å². The summed E-state index contributed by atoms with van der Waals surface area (Å²) in [6.45, 7) is 0. The van der Waals surface area contributed by atoms with E-state index in [1.54, 1.807) is 12.1 Å². The zero-order chi connectivity index (χ0) is 10.1. The lowest BCUT2D eigenvalue weighted by molar-refractivity contribution is -0.169. The van der Waals surface area contributed by atoms with E-state index in [-0.39, 0.29) is 12.0 Å². The van der Waals surface area contributed by atoms with E-state index in [9.17, 15) is 4.79 Å². The van der Waals surface area contributed by atoms with Crippen LogP contribution in [0.5, 0.6) is 0 Å². The van der Waals surface area contributed by atoms with Crippen molar-refractivity contribution in [1.82, 2.24) is 5.06 Å². The number of benzene rings is 1. The third-order valence-corrected chi connectivity index (χ3v) is 2.55. The van der Waals surface area contributed by atoms with Crippen LogP contribution in [0.15, 0.2) is 24.3 Å². The van der Waals surface area contributed by atoms with E-state index >= 15 is 0 Å². The molecule has 1 aromatic rings. The van der Waals surface area contributed by atoms with E-state index in [2.05, 4.69) is 0 Å². The highest BCUT2D eigenvalue weighted by Crippen LogP contribution is 2.29. The molecule has 0 N–H and O–H groups in total. The number of halogens is 1. The van der Waals surface area contributed by atoms with Crippen LogP contribution >= 0.6 is 11.6 Å². The molecule has 0 aliphatic carbocycles. The molecule has 74 valence electrons. The highest BCUT2D eigenvalue weighted by molar-refractivity contribution is 6.30. The Morgan fingerprint density at radius 2 is 2.07 bits per heavy atom. The van der Waals surface area contributed by atoms with Gasteiger partial charge in [-0.05, 0) is 17.7 Å². The number of rotatable bonds is 1. The van der Waals surface area contributed by atoms with Gasteiger partial charge in [-0.15, -0.1) is 5.06 Å². The molecule has 1 heterocycles. The second-order valence-corrected chi connectivity index (χ2v) is 3.72. The van der Waals surface area contributed by atoms with Gasteiger partial charge in [-0.25, -0.2) is 0 Å². The Morgan fingerprint density at radius 3 is 2.57 bits per heavy atom. The monoisotopic (exact) mass is 211 g/mol. The molecule has 2 rings (SSSR count). The minimum atomic E-state index is -0.188. The summed E-state index contributed by atoms with van der Waals surface area (Å²) < 4.78 is 0. The van der Waals surface area contributed by atoms with Crippen molar-refractivity contribution in [2.24, 2.45) is 0 Å². The molecular formula is C10H10ClNO2. The molecular weight excluding hydrogens is 202 g/mol. The zero-order valence-electron chi connectivity index (χ0n) is 7.74. The minimum Gasteiger partial charge on any atom is -0.368 e. The van der Waals surface area contributed by atoms with Crippen LogP contribution in [-0.4, -0.2) is 18.1 Å². The normalized spacial score (nSPS) is 22.4. The van der Waals surface area contributed by atoms with E-state index in [1.807, 2.05) is 24.3 Å². The minimum absolute atomic E-state index is 0.0137. The number of carbonyl (C=O) groups excluding carboxylic acids is 1. The molecule has 4 heteroatoms. The standard InChI is InChI=1S/C10H10ClNO2/c1-12-9(6-10(13)14-12)7-2-4-8(11)5-3-7/h2-5,9H,6H2,1H3. The first-order valence-corrected chi connectivity index (χ1v) is 4.74. The average Bonchev–Trinajstić information content (AvgIpc) is 2.47. The van der Waals surface area contributed by atoms with Gasteiger partial charge in [-0.3, -0.25) is 4.79 Å². The van der Waals surface area contributed by atoms with Crippen LogP contribution in [0.4, 0.5) is 0 Å². The van der Waals surface area contributed by atoms with E-state index in [1.165, 1.54) is 0 Å². The quantitative estimate of drug-likeness (QED) is 0.713. The van der Waals surface area contributed by atoms with Crippen LogP contribution in [0.3, 0.4) is 0 Å². The maximum atomic E-state index is 11.0. The van der Waals surface area contributed by atoms with Crippen molar-refractivity contribution in [1.29, 1.82) is 0 Å². The molecule has 0 aromatic heterocycles. The lowest BCUT2D eigenvalue weighted by Crippen LogP contribution is -2.16. The van der Waals surface area contributed by atoms with Crippen molar-refractivity contribution in [3.63, 3.8) is 0 Å². The lowest BCUT2D eigenvalue weighted by Gasteiger charge is -2.15. The fourth-order valence-electron chi connectivity index (χ4n) is 1.56. The highest BCUT2D eigenvalue weighted by Gasteiger charge is 2.30. The molecule has 14 heavy (non-hydrogen) atoms. The third-order valence-electron chi connectivity index (χ3n) is 2.30. The number of hydroxylamine groups is 2. The van der Waals surface area contributed by atoms with Crippen LogP contribution in [-0.2, 0) is 9.63 Å². The third kappa shape index (κ3) is 1.74. The Labute approximate surface area is 87.2 Å². The zero-order valence-corrected chi connectivity index (χ0v) is 8.49. The summed E-state index contributed by atoms with van der Waals surface area (Å²) in [5, 5.41) is 2.27. The SMILES string of the molecule is CN1OC(=O)CC1c1ccc(Cl)cc1. The molecule has 1 atom stereocenters. The maximum Gasteiger partial charge on any atom is 0.327 e. The Kier molecular flexibility index (Phi) is 2.44. The van der Waals surface area contributed by atoms with Crippen LogP contribution in [0.1, 0.15) is 18.0 Å². The first-order valence-electron chi connectivity index (χ1n) is 4.36. The van der Waals surface area contributed by atoms with E-state index in [0.29, 0.717) is 11.4 Å². The van der Waals surface area contributed by atoms with Crippen molar-refractivity contribution >= 4 is 17.6 Å². The smallest absolute Gasteiger partial charge is 0.327 e. The largest absolute Gasteiger partial charge is 0.368 e.